The van der Waals surface area contributed by atoms with Crippen molar-refractivity contribution < 1.29 is 18.3 Å². The molecule has 10 nitrogen and oxygen atoms in total. The molecule has 2 fully saturated rings. The van der Waals surface area contributed by atoms with E-state index in [0.717, 1.165) is 33.2 Å². The summed E-state index contributed by atoms with van der Waals surface area (Å²) < 4.78 is 41.1. The number of hydrogen-bond acceptors (Lipinski definition) is 10. The van der Waals surface area contributed by atoms with Gasteiger partial charge in [-0.25, -0.2) is 28.7 Å². The summed E-state index contributed by atoms with van der Waals surface area (Å²) in [4.78, 5) is 16.2. The van der Waals surface area contributed by atoms with Gasteiger partial charge in [0.15, 0.2) is 0 Å². The van der Waals surface area contributed by atoms with Crippen LogP contribution in [-0.2, 0) is 9.47 Å². The Kier molecular flexibility index (Phi) is 10.7. The van der Waals surface area contributed by atoms with Crippen LogP contribution in [-0.4, -0.2) is 59.3 Å². The highest BCUT2D eigenvalue weighted by Gasteiger charge is 2.18. The minimum atomic E-state index is -0.354. The highest BCUT2D eigenvalue weighted by atomic mass is 79.9. The second kappa shape index (κ2) is 14.8. The summed E-state index contributed by atoms with van der Waals surface area (Å²) >= 11 is 6.50. The molecular formula is C28H28Br2F2N8O2. The summed E-state index contributed by atoms with van der Waals surface area (Å²) in [5.41, 5.74) is 2.32. The molecule has 2 aromatic heterocycles. The number of nitrogens with zero attached hydrogens (tertiary/aromatic N) is 4. The lowest BCUT2D eigenvalue weighted by Crippen LogP contribution is -2.33. The predicted molar refractivity (Wildman–Crippen MR) is 162 cm³/mol. The quantitative estimate of drug-likeness (QED) is 0.203. The van der Waals surface area contributed by atoms with Crippen molar-refractivity contribution in [3.63, 3.8) is 0 Å². The van der Waals surface area contributed by atoms with Crippen LogP contribution in [0.3, 0.4) is 0 Å². The molecule has 4 N–H and O–H groups in total. The average molecular weight is 706 g/mol. The molecule has 0 aliphatic carbocycles. The molecule has 2 aliphatic heterocycles. The first kappa shape index (κ1) is 30.3. The molecule has 0 amide bonds. The van der Waals surface area contributed by atoms with Gasteiger partial charge in [-0.3, -0.25) is 0 Å². The van der Waals surface area contributed by atoms with Crippen molar-refractivity contribution in [1.29, 1.82) is 0 Å². The van der Waals surface area contributed by atoms with E-state index in [2.05, 4.69) is 73.1 Å². The van der Waals surface area contributed by atoms with E-state index < -0.39 is 0 Å². The van der Waals surface area contributed by atoms with E-state index in [1.807, 2.05) is 12.1 Å². The van der Waals surface area contributed by atoms with Gasteiger partial charge >= 0.3 is 0 Å². The fraction of sp³-hybridized carbons (Fsp3) is 0.286. The van der Waals surface area contributed by atoms with E-state index in [1.54, 1.807) is 36.9 Å². The zero-order chi connectivity index (χ0) is 29.3. The molecule has 4 aromatic rings. The number of aromatic nitrogens is 4. The van der Waals surface area contributed by atoms with Gasteiger partial charge in [0.1, 0.15) is 11.6 Å². The Labute approximate surface area is 258 Å². The van der Waals surface area contributed by atoms with Gasteiger partial charge in [-0.15, -0.1) is 0 Å². The zero-order valence-electron chi connectivity index (χ0n) is 22.3. The number of anilines is 4. The number of ether oxygens (including phenoxy) is 2. The number of hydrogen-bond donors (Lipinski definition) is 4. The summed E-state index contributed by atoms with van der Waals surface area (Å²) in [6.07, 6.45) is 6.19. The molecule has 0 unspecified atom stereocenters. The van der Waals surface area contributed by atoms with E-state index in [9.17, 15) is 8.78 Å². The number of benzene rings is 2. The third-order valence-corrected chi connectivity index (χ3v) is 7.14. The van der Waals surface area contributed by atoms with E-state index >= 15 is 0 Å². The van der Waals surface area contributed by atoms with Crippen LogP contribution in [0.4, 0.5) is 32.1 Å². The summed E-state index contributed by atoms with van der Waals surface area (Å²) in [6, 6.07) is 10.0. The van der Waals surface area contributed by atoms with Crippen molar-refractivity contribution in [2.24, 2.45) is 0 Å². The molecule has 42 heavy (non-hydrogen) atoms. The maximum atomic E-state index is 14.2. The Hall–Kier alpha value is -3.14. The van der Waals surface area contributed by atoms with E-state index in [1.165, 1.54) is 12.1 Å². The first-order valence-electron chi connectivity index (χ1n) is 13.2. The highest BCUT2D eigenvalue weighted by Crippen LogP contribution is 2.26. The smallest absolute Gasteiger partial charge is 0.227 e. The Morgan fingerprint density at radius 2 is 1.07 bits per heavy atom. The van der Waals surface area contributed by atoms with E-state index in [0.29, 0.717) is 49.6 Å². The molecule has 0 saturated carbocycles. The standard InChI is InChI=1S/2C14H14BrFN4O/c2*15-10-6-18-14(19-7-10)20-12-2-1-9(5-11(12)16)13-8-17-3-4-21-13/h2*1-2,5-7,13,17H,3-4,8H2,(H,18,19,20)/t2*13-/m10/s1. The lowest BCUT2D eigenvalue weighted by Gasteiger charge is -2.24. The van der Waals surface area contributed by atoms with Crippen LogP contribution in [0.1, 0.15) is 23.3 Å². The van der Waals surface area contributed by atoms with Crippen molar-refractivity contribution in [3.05, 3.63) is 92.9 Å². The molecule has 2 aromatic carbocycles. The topological polar surface area (TPSA) is 118 Å². The third-order valence-electron chi connectivity index (χ3n) is 6.32. The fourth-order valence-corrected chi connectivity index (χ4v) is 4.63. The SMILES string of the molecule is Fc1cc([C@@H]2CNCCO2)ccc1Nc1ncc(Br)cn1.Fc1cc([C@H]2CNCCO2)ccc1Nc1ncc(Br)cn1. The zero-order valence-corrected chi connectivity index (χ0v) is 25.5. The molecule has 2 aliphatic rings. The summed E-state index contributed by atoms with van der Waals surface area (Å²) in [5.74, 6) is -0.0118. The Morgan fingerprint density at radius 1 is 0.667 bits per heavy atom. The molecule has 14 heteroatoms. The Morgan fingerprint density at radius 3 is 1.40 bits per heavy atom. The Balaban J connectivity index is 0.000000168. The van der Waals surface area contributed by atoms with Gasteiger partial charge in [0, 0.05) is 51.0 Å². The van der Waals surface area contributed by atoms with Gasteiger partial charge in [0.25, 0.3) is 0 Å². The van der Waals surface area contributed by atoms with Gasteiger partial charge in [0.2, 0.25) is 11.9 Å². The highest BCUT2D eigenvalue weighted by molar-refractivity contribution is 9.10. The first-order chi connectivity index (χ1) is 20.4. The van der Waals surface area contributed by atoms with Crippen LogP contribution in [0.5, 0.6) is 0 Å². The normalized spacial score (nSPS) is 18.5. The predicted octanol–water partition coefficient (Wildman–Crippen LogP) is 5.57. The van der Waals surface area contributed by atoms with Gasteiger partial charge in [0.05, 0.1) is 45.7 Å². The van der Waals surface area contributed by atoms with Crippen molar-refractivity contribution in [1.82, 2.24) is 30.6 Å². The lowest BCUT2D eigenvalue weighted by atomic mass is 10.1. The number of nitrogens with one attached hydrogen (secondary N) is 4. The molecule has 2 saturated heterocycles. The Bertz CT molecular complexity index is 1340. The summed E-state index contributed by atoms with van der Waals surface area (Å²) in [7, 11) is 0. The third kappa shape index (κ3) is 8.46. The van der Waals surface area contributed by atoms with Crippen LogP contribution in [0.2, 0.25) is 0 Å². The lowest BCUT2D eigenvalue weighted by molar-refractivity contribution is 0.0275. The van der Waals surface area contributed by atoms with Gasteiger partial charge in [-0.05, 0) is 67.3 Å². The minimum absolute atomic E-state index is 0.105. The maximum Gasteiger partial charge on any atom is 0.227 e. The van der Waals surface area contributed by atoms with Crippen molar-refractivity contribution in [3.8, 4) is 0 Å². The van der Waals surface area contributed by atoms with E-state index in [4.69, 9.17) is 9.47 Å². The van der Waals surface area contributed by atoms with E-state index in [-0.39, 0.29) is 23.8 Å². The number of morpholine rings is 2. The fourth-order valence-electron chi connectivity index (χ4n) is 4.22. The van der Waals surface area contributed by atoms with Gasteiger partial charge < -0.3 is 30.7 Å². The second-order valence-corrected chi connectivity index (χ2v) is 11.1. The number of halogens is 4. The number of rotatable bonds is 6. The molecular weight excluding hydrogens is 678 g/mol. The van der Waals surface area contributed by atoms with Crippen LogP contribution >= 0.6 is 31.9 Å². The maximum absolute atomic E-state index is 14.2. The molecule has 2 atom stereocenters. The molecule has 0 bridgehead atoms. The van der Waals surface area contributed by atoms with Crippen molar-refractivity contribution in [2.45, 2.75) is 12.2 Å². The van der Waals surface area contributed by atoms with Crippen LogP contribution < -0.4 is 21.3 Å². The van der Waals surface area contributed by atoms with Crippen molar-refractivity contribution >= 4 is 55.1 Å². The summed E-state index contributed by atoms with van der Waals surface area (Å²) in [5, 5.41) is 12.2. The van der Waals surface area contributed by atoms with Crippen LogP contribution in [0.15, 0.2) is 70.1 Å². The molecule has 6 rings (SSSR count). The van der Waals surface area contributed by atoms with Crippen molar-refractivity contribution in [2.75, 3.05) is 50.0 Å². The van der Waals surface area contributed by atoms with Crippen LogP contribution in [0.25, 0.3) is 0 Å². The molecule has 4 heterocycles. The van der Waals surface area contributed by atoms with Gasteiger partial charge in [-0.1, -0.05) is 12.1 Å². The monoisotopic (exact) mass is 704 g/mol. The van der Waals surface area contributed by atoms with Gasteiger partial charge in [-0.2, -0.15) is 0 Å². The minimum Gasteiger partial charge on any atom is -0.371 e. The molecule has 0 spiro atoms. The second-order valence-electron chi connectivity index (χ2n) is 9.31. The average Bonchev–Trinajstić information content (AvgIpc) is 3.02. The van der Waals surface area contributed by atoms with Crippen LogP contribution in [0, 0.1) is 11.6 Å². The first-order valence-corrected chi connectivity index (χ1v) is 14.8. The summed E-state index contributed by atoms with van der Waals surface area (Å²) in [6.45, 7) is 4.33. The largest absolute Gasteiger partial charge is 0.371 e. The molecule has 0 radical (unpaired) electrons. The molecule has 220 valence electrons.